The Hall–Kier alpha value is -2.52. The van der Waals surface area contributed by atoms with E-state index in [2.05, 4.69) is 16.0 Å². The second kappa shape index (κ2) is 10.7. The minimum absolute atomic E-state index is 0.178. The minimum atomic E-state index is -1.29. The Morgan fingerprint density at radius 2 is 1.68 bits per heavy atom. The van der Waals surface area contributed by atoms with E-state index in [1.807, 2.05) is 0 Å². The van der Waals surface area contributed by atoms with Crippen molar-refractivity contribution in [3.8, 4) is 0 Å². The third-order valence-electron chi connectivity index (χ3n) is 6.06. The monoisotopic (exact) mass is 440 g/mol. The first-order chi connectivity index (χ1) is 14.5. The molecule has 3 saturated carbocycles. The quantitative estimate of drug-likeness (QED) is 0.343. The molecule has 3 rings (SSSR count). The topological polar surface area (TPSA) is 160 Å². The van der Waals surface area contributed by atoms with Crippen molar-refractivity contribution in [3.63, 3.8) is 0 Å². The van der Waals surface area contributed by atoms with Crippen molar-refractivity contribution >= 4 is 24.0 Å². The van der Waals surface area contributed by atoms with Crippen LogP contribution in [0.1, 0.15) is 65.7 Å². The molecule has 4 amide bonds. The van der Waals surface area contributed by atoms with Crippen molar-refractivity contribution in [1.29, 1.82) is 0 Å². The molecular weight excluding hydrogens is 404 g/mol. The summed E-state index contributed by atoms with van der Waals surface area (Å²) in [5.74, 6) is -0.880. The Bertz CT molecular complexity index is 669. The molecule has 10 heteroatoms. The highest BCUT2D eigenvalue weighted by Gasteiger charge is 2.47. The Kier molecular flexibility index (Phi) is 8.52. The fraction of sp³-hybridized carbons (Fsp3) is 0.810. The van der Waals surface area contributed by atoms with Crippen LogP contribution in [-0.2, 0) is 14.3 Å². The number of nitrogens with one attached hydrogen (secondary N) is 3. The molecule has 176 valence electrons. The number of amides is 4. The third-order valence-corrected chi connectivity index (χ3v) is 6.06. The van der Waals surface area contributed by atoms with Gasteiger partial charge in [-0.2, -0.15) is 0 Å². The third kappa shape index (κ3) is 7.59. The van der Waals surface area contributed by atoms with Gasteiger partial charge in [-0.15, -0.1) is 0 Å². The van der Waals surface area contributed by atoms with Gasteiger partial charge in [0.15, 0.2) is 0 Å². The van der Waals surface area contributed by atoms with E-state index < -0.39 is 41.6 Å². The number of carboxylic acid groups (broad SMARTS) is 1. The zero-order chi connectivity index (χ0) is 23.2. The average Bonchev–Trinajstić information content (AvgIpc) is 2.65. The summed E-state index contributed by atoms with van der Waals surface area (Å²) in [5.41, 5.74) is 5.02. The molecule has 2 unspecified atom stereocenters. The number of hydrogen-bond acceptors (Lipinski definition) is 5. The molecule has 0 aromatic heterocycles. The first-order valence-electron chi connectivity index (χ1n) is 11.0. The summed E-state index contributed by atoms with van der Waals surface area (Å²) >= 11 is 0. The Morgan fingerprint density at radius 3 is 2.23 bits per heavy atom. The standard InChI is InChI=1S/C21H36N4O6/c1-21(2,3)31-20(30)23-11-5-4-6-14(24-19(28)29)18(27)25-16-13-9-7-12(8-10-13)15(16)17(22)26/h12-16,24H,4-11H2,1-3H3,(H2,22,26)(H,23,30)(H,25,27)(H,28,29)/t12?,13?,14-,15?,16?/m0/s1. The van der Waals surface area contributed by atoms with Crippen LogP contribution in [0.2, 0.25) is 0 Å². The van der Waals surface area contributed by atoms with Crippen LogP contribution in [0, 0.1) is 17.8 Å². The number of carbonyl (C=O) groups excluding carboxylic acids is 3. The Morgan fingerprint density at radius 1 is 1.06 bits per heavy atom. The van der Waals surface area contributed by atoms with Crippen molar-refractivity contribution in [2.45, 2.75) is 83.4 Å². The first kappa shape index (κ1) is 24.7. The van der Waals surface area contributed by atoms with Crippen LogP contribution in [0.15, 0.2) is 0 Å². The number of carbonyl (C=O) groups is 4. The van der Waals surface area contributed by atoms with Gasteiger partial charge < -0.3 is 31.5 Å². The maximum absolute atomic E-state index is 12.8. The van der Waals surface area contributed by atoms with Crippen LogP contribution < -0.4 is 21.7 Å². The van der Waals surface area contributed by atoms with Crippen LogP contribution in [0.4, 0.5) is 9.59 Å². The lowest BCUT2D eigenvalue weighted by Crippen LogP contribution is -2.60. The normalized spacial score (nSPS) is 25.9. The maximum Gasteiger partial charge on any atom is 0.407 e. The highest BCUT2D eigenvalue weighted by molar-refractivity contribution is 5.86. The highest BCUT2D eigenvalue weighted by atomic mass is 16.6. The van der Waals surface area contributed by atoms with E-state index in [0.29, 0.717) is 19.4 Å². The van der Waals surface area contributed by atoms with Crippen LogP contribution >= 0.6 is 0 Å². The second-order valence-electron chi connectivity index (χ2n) is 9.56. The zero-order valence-electron chi connectivity index (χ0n) is 18.6. The molecule has 0 aromatic rings. The molecule has 0 saturated heterocycles. The van der Waals surface area contributed by atoms with Crippen molar-refractivity contribution in [3.05, 3.63) is 0 Å². The van der Waals surface area contributed by atoms with Gasteiger partial charge in [-0.3, -0.25) is 9.59 Å². The van der Waals surface area contributed by atoms with E-state index >= 15 is 0 Å². The number of nitrogens with two attached hydrogens (primary N) is 1. The molecule has 0 heterocycles. The lowest BCUT2D eigenvalue weighted by atomic mass is 9.61. The van der Waals surface area contributed by atoms with Gasteiger partial charge in [0.1, 0.15) is 11.6 Å². The Balaban J connectivity index is 1.85. The molecule has 3 atom stereocenters. The van der Waals surface area contributed by atoms with Gasteiger partial charge in [-0.05, 0) is 77.6 Å². The van der Waals surface area contributed by atoms with Gasteiger partial charge in [0.05, 0.1) is 5.92 Å². The van der Waals surface area contributed by atoms with Crippen LogP contribution in [0.3, 0.4) is 0 Å². The maximum atomic E-state index is 12.8. The summed E-state index contributed by atoms with van der Waals surface area (Å²) in [7, 11) is 0. The van der Waals surface area contributed by atoms with Gasteiger partial charge in [0, 0.05) is 12.6 Å². The number of rotatable bonds is 9. The van der Waals surface area contributed by atoms with Crippen molar-refractivity contribution in [2.75, 3.05) is 6.54 Å². The van der Waals surface area contributed by atoms with Crippen LogP contribution in [0.5, 0.6) is 0 Å². The molecule has 0 aliphatic heterocycles. The first-order valence-corrected chi connectivity index (χ1v) is 11.0. The summed E-state index contributed by atoms with van der Waals surface area (Å²) in [5, 5.41) is 16.9. The minimum Gasteiger partial charge on any atom is -0.465 e. The average molecular weight is 441 g/mol. The lowest BCUT2D eigenvalue weighted by Gasteiger charge is -2.47. The highest BCUT2D eigenvalue weighted by Crippen LogP contribution is 2.45. The molecule has 2 bridgehead atoms. The molecule has 6 N–H and O–H groups in total. The van der Waals surface area contributed by atoms with Gasteiger partial charge in [0.2, 0.25) is 11.8 Å². The molecule has 31 heavy (non-hydrogen) atoms. The molecule has 3 fully saturated rings. The van der Waals surface area contributed by atoms with Crippen LogP contribution in [0.25, 0.3) is 0 Å². The molecule has 0 radical (unpaired) electrons. The van der Waals surface area contributed by atoms with E-state index in [1.54, 1.807) is 20.8 Å². The van der Waals surface area contributed by atoms with E-state index in [-0.39, 0.29) is 24.3 Å². The number of primary amides is 1. The molecule has 3 aliphatic carbocycles. The SMILES string of the molecule is CC(C)(C)OC(=O)NCCCC[C@H](NC(=O)O)C(=O)NC1C2CCC(CC2)C1C(N)=O. The predicted octanol–water partition coefficient (Wildman–Crippen LogP) is 1.72. The Labute approximate surface area is 183 Å². The second-order valence-corrected chi connectivity index (χ2v) is 9.56. The number of hydrogen-bond donors (Lipinski definition) is 5. The summed E-state index contributed by atoms with van der Waals surface area (Å²) in [6.07, 6.45) is 3.29. The van der Waals surface area contributed by atoms with E-state index in [9.17, 15) is 19.2 Å². The largest absolute Gasteiger partial charge is 0.465 e. The van der Waals surface area contributed by atoms with Crippen molar-refractivity contribution in [2.24, 2.45) is 23.5 Å². The smallest absolute Gasteiger partial charge is 0.407 e. The van der Waals surface area contributed by atoms with Crippen LogP contribution in [-0.4, -0.2) is 53.3 Å². The van der Waals surface area contributed by atoms with E-state index in [0.717, 1.165) is 25.7 Å². The molecule has 0 spiro atoms. The van der Waals surface area contributed by atoms with E-state index in [4.69, 9.17) is 15.6 Å². The number of alkyl carbamates (subject to hydrolysis) is 1. The van der Waals surface area contributed by atoms with Gasteiger partial charge in [-0.25, -0.2) is 9.59 Å². The van der Waals surface area contributed by atoms with Gasteiger partial charge in [-0.1, -0.05) is 0 Å². The fourth-order valence-corrected chi connectivity index (χ4v) is 4.73. The summed E-state index contributed by atoms with van der Waals surface area (Å²) in [4.78, 5) is 47.7. The molecule has 0 aromatic carbocycles. The van der Waals surface area contributed by atoms with Crippen molar-refractivity contribution < 1.29 is 29.0 Å². The number of unbranched alkanes of at least 4 members (excludes halogenated alkanes) is 1. The fourth-order valence-electron chi connectivity index (χ4n) is 4.73. The molecular formula is C21H36N4O6. The molecule has 10 nitrogen and oxygen atoms in total. The summed E-state index contributed by atoms with van der Waals surface area (Å²) < 4.78 is 5.15. The zero-order valence-corrected chi connectivity index (χ0v) is 18.6. The summed E-state index contributed by atoms with van der Waals surface area (Å²) in [6, 6.07) is -1.28. The number of fused-ring (bicyclic) bond motifs is 3. The number of ether oxygens (including phenoxy) is 1. The van der Waals surface area contributed by atoms with Gasteiger partial charge >= 0.3 is 12.2 Å². The predicted molar refractivity (Wildman–Crippen MR) is 113 cm³/mol. The van der Waals surface area contributed by atoms with Crippen molar-refractivity contribution in [1.82, 2.24) is 16.0 Å². The van der Waals surface area contributed by atoms with E-state index in [1.165, 1.54) is 0 Å². The summed E-state index contributed by atoms with van der Waals surface area (Å²) in [6.45, 7) is 5.67. The van der Waals surface area contributed by atoms with Gasteiger partial charge in [0.25, 0.3) is 0 Å². The lowest BCUT2D eigenvalue weighted by molar-refractivity contribution is -0.132. The molecule has 3 aliphatic rings.